The molecule has 1 aliphatic rings. The summed E-state index contributed by atoms with van der Waals surface area (Å²) < 4.78 is 40.7. The minimum absolute atomic E-state index is 0. The van der Waals surface area contributed by atoms with E-state index >= 15 is 0 Å². The zero-order chi connectivity index (χ0) is 20.6. The molecule has 10 heteroatoms. The normalized spacial score (nSPS) is 13.3. The van der Waals surface area contributed by atoms with Crippen LogP contribution in [0.15, 0.2) is 17.1 Å². The second-order valence-corrected chi connectivity index (χ2v) is 6.61. The molecule has 1 heterocycles. The molecule has 0 bridgehead atoms. The number of aliphatic imine (C=N–C) groups is 1. The van der Waals surface area contributed by atoms with Crippen LogP contribution < -0.4 is 24.8 Å². The smallest absolute Gasteiger partial charge is 0.387 e. The number of ether oxygens (including phenoxy) is 3. The van der Waals surface area contributed by atoms with Crippen LogP contribution in [0.2, 0.25) is 0 Å². The molecule has 0 saturated heterocycles. The molecule has 0 amide bonds. The molecule has 0 fully saturated rings. The van der Waals surface area contributed by atoms with Gasteiger partial charge in [0.05, 0.1) is 13.2 Å². The Balaban J connectivity index is 0.00000420. The maximum atomic E-state index is 12.8. The van der Waals surface area contributed by atoms with Crippen LogP contribution in [0.3, 0.4) is 0 Å². The fraction of sp³-hybridized carbons (Fsp3) is 0.632. The second-order valence-electron chi connectivity index (χ2n) is 6.61. The van der Waals surface area contributed by atoms with E-state index in [-0.39, 0.29) is 55.1 Å². The summed E-state index contributed by atoms with van der Waals surface area (Å²) in [5, 5.41) is 16.1. The van der Waals surface area contributed by atoms with Crippen molar-refractivity contribution in [2.45, 2.75) is 46.8 Å². The average molecular weight is 529 g/mol. The van der Waals surface area contributed by atoms with E-state index in [0.29, 0.717) is 36.1 Å². The molecule has 1 aromatic carbocycles. The summed E-state index contributed by atoms with van der Waals surface area (Å²) >= 11 is 0. The van der Waals surface area contributed by atoms with E-state index < -0.39 is 6.61 Å². The third-order valence-corrected chi connectivity index (χ3v) is 4.99. The van der Waals surface area contributed by atoms with E-state index in [4.69, 9.17) is 9.47 Å². The molecule has 2 rings (SSSR count). The van der Waals surface area contributed by atoms with Crippen molar-refractivity contribution >= 4 is 29.9 Å². The molecule has 29 heavy (non-hydrogen) atoms. The quantitative estimate of drug-likeness (QED) is 0.245. The fourth-order valence-electron chi connectivity index (χ4n) is 2.85. The zero-order valence-electron chi connectivity index (χ0n) is 17.0. The van der Waals surface area contributed by atoms with E-state index in [2.05, 4.69) is 20.4 Å². The number of aliphatic hydroxyl groups is 1. The van der Waals surface area contributed by atoms with Crippen LogP contribution in [0.5, 0.6) is 17.2 Å². The van der Waals surface area contributed by atoms with Gasteiger partial charge >= 0.3 is 6.61 Å². The number of hydrogen-bond acceptors (Lipinski definition) is 5. The van der Waals surface area contributed by atoms with Gasteiger partial charge in [-0.15, -0.1) is 24.0 Å². The van der Waals surface area contributed by atoms with Gasteiger partial charge in [-0.3, -0.25) is 0 Å². The summed E-state index contributed by atoms with van der Waals surface area (Å²) in [5.74, 6) is 1.38. The van der Waals surface area contributed by atoms with E-state index in [0.717, 1.165) is 12.8 Å². The van der Waals surface area contributed by atoms with Gasteiger partial charge in [0.2, 0.25) is 6.79 Å². The highest BCUT2D eigenvalue weighted by Crippen LogP contribution is 2.39. The van der Waals surface area contributed by atoms with E-state index in [1.165, 1.54) is 6.07 Å². The van der Waals surface area contributed by atoms with Gasteiger partial charge in [-0.1, -0.05) is 13.8 Å². The first kappa shape index (κ1) is 25.5. The van der Waals surface area contributed by atoms with Crippen molar-refractivity contribution in [3.8, 4) is 17.2 Å². The molecule has 0 spiro atoms. The van der Waals surface area contributed by atoms with Gasteiger partial charge in [0.1, 0.15) is 5.75 Å². The van der Waals surface area contributed by atoms with Crippen LogP contribution in [0, 0.1) is 5.41 Å². The minimum Gasteiger partial charge on any atom is -0.454 e. The fourth-order valence-corrected chi connectivity index (χ4v) is 2.85. The Morgan fingerprint density at radius 2 is 1.86 bits per heavy atom. The third-order valence-electron chi connectivity index (χ3n) is 4.99. The lowest BCUT2D eigenvalue weighted by Crippen LogP contribution is -2.44. The highest BCUT2D eigenvalue weighted by molar-refractivity contribution is 14.0. The number of guanidine groups is 1. The predicted octanol–water partition coefficient (Wildman–Crippen LogP) is 3.49. The molecule has 0 radical (unpaired) electrons. The summed E-state index contributed by atoms with van der Waals surface area (Å²) in [6.45, 7) is 4.45. The van der Waals surface area contributed by atoms with Crippen molar-refractivity contribution in [2.75, 3.05) is 26.5 Å². The second kappa shape index (κ2) is 12.2. The van der Waals surface area contributed by atoms with Crippen LogP contribution in [0.25, 0.3) is 0 Å². The lowest BCUT2D eigenvalue weighted by Gasteiger charge is -2.30. The van der Waals surface area contributed by atoms with Gasteiger partial charge in [-0.2, -0.15) is 8.78 Å². The maximum Gasteiger partial charge on any atom is 0.387 e. The number of nitrogens with zero attached hydrogens (tertiary/aromatic N) is 1. The standard InChI is InChI=1S/C19H29F2N3O4.HI/c1-4-19(5-2,11-25)10-24-18(22-6-3)23-9-13-7-15-16(27-12-26-15)8-14(13)28-17(20)21;/h7-8,17,25H,4-6,9-12H2,1-3H3,(H2,22,23,24);1H. The predicted molar refractivity (Wildman–Crippen MR) is 118 cm³/mol. The summed E-state index contributed by atoms with van der Waals surface area (Å²) in [6, 6.07) is 2.99. The molecule has 1 aromatic rings. The maximum absolute atomic E-state index is 12.8. The summed E-state index contributed by atoms with van der Waals surface area (Å²) in [5.41, 5.74) is 0.222. The number of nitrogens with one attached hydrogen (secondary N) is 2. The van der Waals surface area contributed by atoms with Crippen LogP contribution in [0.4, 0.5) is 8.78 Å². The Bertz CT molecular complexity index is 665. The summed E-state index contributed by atoms with van der Waals surface area (Å²) in [4.78, 5) is 4.47. The summed E-state index contributed by atoms with van der Waals surface area (Å²) in [7, 11) is 0. The highest BCUT2D eigenvalue weighted by atomic mass is 127. The average Bonchev–Trinajstić information content (AvgIpc) is 3.14. The van der Waals surface area contributed by atoms with Crippen molar-refractivity contribution in [3.05, 3.63) is 17.7 Å². The van der Waals surface area contributed by atoms with Crippen molar-refractivity contribution in [2.24, 2.45) is 10.4 Å². The Morgan fingerprint density at radius 3 is 2.41 bits per heavy atom. The first-order valence-corrected chi connectivity index (χ1v) is 9.47. The summed E-state index contributed by atoms with van der Waals surface area (Å²) in [6.07, 6.45) is 1.64. The van der Waals surface area contributed by atoms with Gasteiger partial charge in [0, 0.05) is 30.1 Å². The number of halogens is 3. The van der Waals surface area contributed by atoms with Gasteiger partial charge < -0.3 is 30.0 Å². The van der Waals surface area contributed by atoms with E-state index in [1.807, 2.05) is 20.8 Å². The first-order chi connectivity index (χ1) is 13.5. The zero-order valence-corrected chi connectivity index (χ0v) is 19.3. The van der Waals surface area contributed by atoms with Gasteiger partial charge in [-0.05, 0) is 25.8 Å². The van der Waals surface area contributed by atoms with Crippen molar-refractivity contribution in [3.63, 3.8) is 0 Å². The molecule has 0 aliphatic carbocycles. The minimum atomic E-state index is -2.95. The van der Waals surface area contributed by atoms with Crippen LogP contribution in [0.1, 0.15) is 39.2 Å². The number of alkyl halides is 2. The van der Waals surface area contributed by atoms with Crippen molar-refractivity contribution in [1.82, 2.24) is 10.6 Å². The molecule has 1 aliphatic heterocycles. The Morgan fingerprint density at radius 1 is 1.21 bits per heavy atom. The number of fused-ring (bicyclic) bond motifs is 1. The number of benzene rings is 1. The number of hydrogen-bond donors (Lipinski definition) is 3. The van der Waals surface area contributed by atoms with Gasteiger partial charge in [-0.25, -0.2) is 4.99 Å². The molecular weight excluding hydrogens is 499 g/mol. The van der Waals surface area contributed by atoms with Crippen LogP contribution in [-0.4, -0.2) is 44.2 Å². The molecule has 0 unspecified atom stereocenters. The monoisotopic (exact) mass is 529 g/mol. The van der Waals surface area contributed by atoms with E-state index in [1.54, 1.807) is 6.07 Å². The number of aliphatic hydroxyl groups excluding tert-OH is 1. The lowest BCUT2D eigenvalue weighted by molar-refractivity contribution is -0.0505. The van der Waals surface area contributed by atoms with E-state index in [9.17, 15) is 13.9 Å². The highest BCUT2D eigenvalue weighted by Gasteiger charge is 2.25. The molecule has 3 N–H and O–H groups in total. The topological polar surface area (TPSA) is 84.3 Å². The Hall–Kier alpha value is -1.56. The van der Waals surface area contributed by atoms with Gasteiger partial charge in [0.15, 0.2) is 17.5 Å². The van der Waals surface area contributed by atoms with Crippen molar-refractivity contribution < 1.29 is 28.1 Å². The Labute approximate surface area is 187 Å². The molecule has 7 nitrogen and oxygen atoms in total. The van der Waals surface area contributed by atoms with Crippen LogP contribution >= 0.6 is 24.0 Å². The molecular formula is C19H30F2IN3O4. The lowest BCUT2D eigenvalue weighted by atomic mass is 9.83. The SMILES string of the molecule is CCNC(=NCc1cc2c(cc1OC(F)F)OCO2)NCC(CC)(CC)CO.I. The molecule has 166 valence electrons. The van der Waals surface area contributed by atoms with Crippen molar-refractivity contribution in [1.29, 1.82) is 0 Å². The molecule has 0 atom stereocenters. The third kappa shape index (κ3) is 7.02. The number of rotatable bonds is 10. The Kier molecular flexibility index (Phi) is 10.7. The first-order valence-electron chi connectivity index (χ1n) is 9.47. The molecule has 0 aromatic heterocycles. The molecule has 0 saturated carbocycles. The largest absolute Gasteiger partial charge is 0.454 e. The van der Waals surface area contributed by atoms with Gasteiger partial charge in [0.25, 0.3) is 0 Å². The van der Waals surface area contributed by atoms with Crippen LogP contribution in [-0.2, 0) is 6.54 Å².